The first kappa shape index (κ1) is 19.9. The van der Waals surface area contributed by atoms with Gasteiger partial charge >= 0.3 is 0 Å². The fourth-order valence-corrected chi connectivity index (χ4v) is 3.90. The normalized spacial score (nSPS) is 11.2. The molecule has 160 valence electrons. The van der Waals surface area contributed by atoms with Gasteiger partial charge in [-0.1, -0.05) is 43.3 Å². The minimum atomic E-state index is 0.580. The summed E-state index contributed by atoms with van der Waals surface area (Å²) in [5, 5.41) is 14.5. The number of anilines is 1. The molecule has 0 aliphatic carbocycles. The third-order valence-electron chi connectivity index (χ3n) is 5.44. The minimum absolute atomic E-state index is 0.580. The molecule has 8 nitrogen and oxygen atoms in total. The van der Waals surface area contributed by atoms with Crippen LogP contribution in [0, 0.1) is 0 Å². The Labute approximate surface area is 186 Å². The summed E-state index contributed by atoms with van der Waals surface area (Å²) < 4.78 is 2.17. The van der Waals surface area contributed by atoms with Crippen LogP contribution in [-0.2, 0) is 6.42 Å². The summed E-state index contributed by atoms with van der Waals surface area (Å²) in [6.45, 7) is 2.17. The molecule has 2 aromatic carbocycles. The second kappa shape index (κ2) is 8.22. The molecule has 5 rings (SSSR count). The van der Waals surface area contributed by atoms with Crippen molar-refractivity contribution in [2.75, 3.05) is 19.0 Å². The summed E-state index contributed by atoms with van der Waals surface area (Å²) >= 11 is 0. The van der Waals surface area contributed by atoms with E-state index in [0.717, 1.165) is 58.0 Å². The number of aryl methyl sites for hydroxylation is 1. The molecule has 0 radical (unpaired) electrons. The molecule has 0 aliphatic heterocycles. The zero-order chi connectivity index (χ0) is 22.1. The van der Waals surface area contributed by atoms with E-state index in [9.17, 15) is 0 Å². The monoisotopic (exact) mass is 424 g/mol. The van der Waals surface area contributed by atoms with E-state index in [1.165, 1.54) is 0 Å². The fraction of sp³-hybridized carbons (Fsp3) is 0.208. The third kappa shape index (κ3) is 3.49. The molecule has 32 heavy (non-hydrogen) atoms. The quantitative estimate of drug-likeness (QED) is 0.438. The van der Waals surface area contributed by atoms with Crippen LogP contribution in [0.25, 0.3) is 39.4 Å². The van der Waals surface area contributed by atoms with E-state index in [2.05, 4.69) is 62.4 Å². The van der Waals surface area contributed by atoms with Crippen LogP contribution in [0.5, 0.6) is 0 Å². The number of benzene rings is 2. The maximum Gasteiger partial charge on any atom is 0.205 e. The van der Waals surface area contributed by atoms with Gasteiger partial charge in [-0.2, -0.15) is 5.21 Å². The van der Waals surface area contributed by atoms with E-state index >= 15 is 0 Å². The largest absolute Gasteiger partial charge is 0.363 e. The lowest BCUT2D eigenvalue weighted by Gasteiger charge is -2.13. The third-order valence-corrected chi connectivity index (χ3v) is 5.44. The first-order chi connectivity index (χ1) is 15.7. The van der Waals surface area contributed by atoms with E-state index in [-0.39, 0.29) is 0 Å². The standard InChI is InChI=1S/C24H24N8/c1-4-7-22-25-20-14-15-21(31(2)3)26-24(20)32(22)17-12-10-16(11-13-17)18-8-5-6-9-19(18)23-27-29-30-28-23/h5-6,8-15H,4,7H2,1-3H3,(H,27,28,29,30). The number of pyridine rings is 1. The van der Waals surface area contributed by atoms with Crippen LogP contribution in [0.4, 0.5) is 5.82 Å². The predicted octanol–water partition coefficient (Wildman–Crippen LogP) is 4.29. The van der Waals surface area contributed by atoms with E-state index in [1.807, 2.05) is 49.3 Å². The Kier molecular flexibility index (Phi) is 5.10. The number of imidazole rings is 1. The molecule has 0 saturated carbocycles. The number of nitrogens with zero attached hydrogens (tertiary/aromatic N) is 7. The van der Waals surface area contributed by atoms with Gasteiger partial charge < -0.3 is 4.90 Å². The van der Waals surface area contributed by atoms with Crippen LogP contribution in [0.1, 0.15) is 19.2 Å². The number of aromatic amines is 1. The lowest BCUT2D eigenvalue weighted by Crippen LogP contribution is -2.11. The lowest BCUT2D eigenvalue weighted by molar-refractivity contribution is 0.815. The van der Waals surface area contributed by atoms with Gasteiger partial charge in [0.15, 0.2) is 5.65 Å². The van der Waals surface area contributed by atoms with Gasteiger partial charge in [0.1, 0.15) is 17.2 Å². The predicted molar refractivity (Wildman–Crippen MR) is 126 cm³/mol. The Morgan fingerprint density at radius 1 is 0.906 bits per heavy atom. The summed E-state index contributed by atoms with van der Waals surface area (Å²) in [6.07, 6.45) is 1.90. The van der Waals surface area contributed by atoms with Crippen LogP contribution in [0.15, 0.2) is 60.7 Å². The summed E-state index contributed by atoms with van der Waals surface area (Å²) in [5.74, 6) is 2.51. The average molecular weight is 425 g/mol. The zero-order valence-electron chi connectivity index (χ0n) is 18.3. The molecule has 8 heteroatoms. The summed E-state index contributed by atoms with van der Waals surface area (Å²) in [7, 11) is 4.00. The van der Waals surface area contributed by atoms with Crippen molar-refractivity contribution in [3.05, 3.63) is 66.5 Å². The first-order valence-electron chi connectivity index (χ1n) is 10.6. The second-order valence-electron chi connectivity index (χ2n) is 7.85. The van der Waals surface area contributed by atoms with E-state index in [0.29, 0.717) is 5.82 Å². The highest BCUT2D eigenvalue weighted by molar-refractivity contribution is 5.81. The SMILES string of the molecule is CCCc1nc2ccc(N(C)C)nc2n1-c1ccc(-c2ccccc2-c2nn[nH]n2)cc1. The van der Waals surface area contributed by atoms with Crippen LogP contribution in [0.2, 0.25) is 0 Å². The molecule has 3 heterocycles. The van der Waals surface area contributed by atoms with E-state index in [1.54, 1.807) is 0 Å². The van der Waals surface area contributed by atoms with E-state index < -0.39 is 0 Å². The van der Waals surface area contributed by atoms with Crippen molar-refractivity contribution in [1.29, 1.82) is 0 Å². The van der Waals surface area contributed by atoms with Gasteiger partial charge in [-0.15, -0.1) is 10.2 Å². The van der Waals surface area contributed by atoms with Gasteiger partial charge in [-0.05, 0) is 47.0 Å². The van der Waals surface area contributed by atoms with Gasteiger partial charge in [-0.3, -0.25) is 4.57 Å². The smallest absolute Gasteiger partial charge is 0.205 e. The molecule has 3 aromatic heterocycles. The number of hydrogen-bond donors (Lipinski definition) is 1. The highest BCUT2D eigenvalue weighted by Gasteiger charge is 2.16. The van der Waals surface area contributed by atoms with Crippen molar-refractivity contribution in [2.24, 2.45) is 0 Å². The van der Waals surface area contributed by atoms with Crippen LogP contribution >= 0.6 is 0 Å². The molecule has 0 saturated heterocycles. The van der Waals surface area contributed by atoms with Crippen molar-refractivity contribution in [3.63, 3.8) is 0 Å². The number of H-pyrrole nitrogens is 1. The van der Waals surface area contributed by atoms with Crippen molar-refractivity contribution < 1.29 is 0 Å². The second-order valence-corrected chi connectivity index (χ2v) is 7.85. The first-order valence-corrected chi connectivity index (χ1v) is 10.6. The number of aromatic nitrogens is 7. The van der Waals surface area contributed by atoms with Crippen LogP contribution in [-0.4, -0.2) is 49.3 Å². The van der Waals surface area contributed by atoms with Crippen LogP contribution < -0.4 is 4.90 Å². The molecular weight excluding hydrogens is 400 g/mol. The summed E-state index contributed by atoms with van der Waals surface area (Å²) in [5.41, 5.74) is 5.90. The fourth-order valence-electron chi connectivity index (χ4n) is 3.90. The topological polar surface area (TPSA) is 88.4 Å². The van der Waals surface area contributed by atoms with Crippen molar-refractivity contribution >= 4 is 17.0 Å². The number of hydrogen-bond acceptors (Lipinski definition) is 6. The Hall–Kier alpha value is -4.07. The summed E-state index contributed by atoms with van der Waals surface area (Å²) in [6, 6.07) is 20.6. The molecule has 0 spiro atoms. The van der Waals surface area contributed by atoms with Gasteiger partial charge in [0, 0.05) is 31.8 Å². The Morgan fingerprint density at radius 3 is 2.38 bits per heavy atom. The van der Waals surface area contributed by atoms with Crippen molar-refractivity contribution in [2.45, 2.75) is 19.8 Å². The molecule has 0 amide bonds. The molecule has 0 fully saturated rings. The Bertz CT molecular complexity index is 1350. The molecule has 5 aromatic rings. The van der Waals surface area contributed by atoms with Crippen molar-refractivity contribution in [3.8, 4) is 28.2 Å². The average Bonchev–Trinajstić information content (AvgIpc) is 3.47. The highest BCUT2D eigenvalue weighted by atomic mass is 15.5. The van der Waals surface area contributed by atoms with E-state index in [4.69, 9.17) is 9.97 Å². The molecular formula is C24H24N8. The van der Waals surface area contributed by atoms with Gasteiger partial charge in [0.05, 0.1) is 0 Å². The summed E-state index contributed by atoms with van der Waals surface area (Å²) in [4.78, 5) is 11.8. The highest BCUT2D eigenvalue weighted by Crippen LogP contribution is 2.31. The molecule has 0 bridgehead atoms. The van der Waals surface area contributed by atoms with Crippen LogP contribution in [0.3, 0.4) is 0 Å². The number of fused-ring (bicyclic) bond motifs is 1. The zero-order valence-corrected chi connectivity index (χ0v) is 18.3. The van der Waals surface area contributed by atoms with Gasteiger partial charge in [0.25, 0.3) is 0 Å². The maximum atomic E-state index is 4.88. The Morgan fingerprint density at radius 2 is 1.69 bits per heavy atom. The van der Waals surface area contributed by atoms with Crippen molar-refractivity contribution in [1.82, 2.24) is 35.2 Å². The number of nitrogens with one attached hydrogen (secondary N) is 1. The molecule has 0 unspecified atom stereocenters. The van der Waals surface area contributed by atoms with Gasteiger partial charge in [0.2, 0.25) is 5.82 Å². The Balaban J connectivity index is 1.61. The molecule has 1 N–H and O–H groups in total. The molecule has 0 atom stereocenters. The maximum absolute atomic E-state index is 4.88. The van der Waals surface area contributed by atoms with Gasteiger partial charge in [-0.25, -0.2) is 9.97 Å². The molecule has 0 aliphatic rings. The minimum Gasteiger partial charge on any atom is -0.363 e. The lowest BCUT2D eigenvalue weighted by atomic mass is 9.99. The number of tetrazole rings is 1. The number of rotatable bonds is 6.